The van der Waals surface area contributed by atoms with E-state index in [0.717, 1.165) is 11.1 Å². The van der Waals surface area contributed by atoms with Crippen LogP contribution in [0.3, 0.4) is 0 Å². The van der Waals surface area contributed by atoms with Crippen LogP contribution in [0.2, 0.25) is 0 Å². The maximum atomic E-state index is 12.4. The molecule has 8 heteroatoms. The molecule has 0 fully saturated rings. The van der Waals surface area contributed by atoms with Gasteiger partial charge in [0, 0.05) is 5.56 Å². The number of carbonyl (C=O) groups excluding carboxylic acids is 2. The molecule has 0 radical (unpaired) electrons. The maximum Gasteiger partial charge on any atom is 0.573 e. The molecule has 0 bridgehead atoms. The summed E-state index contributed by atoms with van der Waals surface area (Å²) in [7, 11) is 1.17. The van der Waals surface area contributed by atoms with E-state index in [4.69, 9.17) is 0 Å². The summed E-state index contributed by atoms with van der Waals surface area (Å²) < 4.78 is 45.3. The van der Waals surface area contributed by atoms with Crippen LogP contribution >= 0.6 is 0 Å². The zero-order valence-corrected chi connectivity index (χ0v) is 15.4. The molecule has 2 rings (SSSR count). The molecular formula is C20H18F3NO4. The lowest BCUT2D eigenvalue weighted by Gasteiger charge is -2.14. The van der Waals surface area contributed by atoms with E-state index in [1.54, 1.807) is 19.1 Å². The van der Waals surface area contributed by atoms with Crippen LogP contribution in [0.4, 0.5) is 13.2 Å². The number of benzene rings is 2. The minimum absolute atomic E-state index is 0.207. The molecule has 0 atom stereocenters. The van der Waals surface area contributed by atoms with Crippen molar-refractivity contribution in [3.63, 3.8) is 0 Å². The number of esters is 1. The molecule has 2 aromatic rings. The van der Waals surface area contributed by atoms with E-state index >= 15 is 0 Å². The molecule has 28 heavy (non-hydrogen) atoms. The van der Waals surface area contributed by atoms with Gasteiger partial charge in [-0.3, -0.25) is 4.79 Å². The van der Waals surface area contributed by atoms with Gasteiger partial charge in [0.05, 0.1) is 7.11 Å². The number of aryl methyl sites for hydroxylation is 1. The number of halogens is 3. The van der Waals surface area contributed by atoms with Crippen molar-refractivity contribution in [1.82, 2.24) is 5.32 Å². The van der Waals surface area contributed by atoms with Crippen molar-refractivity contribution < 1.29 is 32.2 Å². The van der Waals surface area contributed by atoms with Gasteiger partial charge in [0.15, 0.2) is 0 Å². The molecule has 5 nitrogen and oxygen atoms in total. The van der Waals surface area contributed by atoms with Crippen molar-refractivity contribution in [3.8, 4) is 16.9 Å². The first kappa shape index (κ1) is 21.0. The first-order valence-electron chi connectivity index (χ1n) is 8.08. The quantitative estimate of drug-likeness (QED) is 0.608. The third-order valence-corrected chi connectivity index (χ3v) is 4.02. The highest BCUT2D eigenvalue weighted by Gasteiger charge is 2.31. The fourth-order valence-corrected chi connectivity index (χ4v) is 2.51. The molecule has 1 amide bonds. The predicted octanol–water partition coefficient (Wildman–Crippen LogP) is 4.29. The van der Waals surface area contributed by atoms with Crippen LogP contribution in [0.15, 0.2) is 48.7 Å². The van der Waals surface area contributed by atoms with Gasteiger partial charge in [-0.25, -0.2) is 4.79 Å². The van der Waals surface area contributed by atoms with Gasteiger partial charge in [0.25, 0.3) is 5.91 Å². The number of methoxy groups -OCH3 is 1. The number of nitrogens with one attached hydrogen (secondary N) is 1. The highest BCUT2D eigenvalue weighted by Crippen LogP contribution is 2.30. The Balaban J connectivity index is 2.34. The van der Waals surface area contributed by atoms with Gasteiger partial charge in [-0.15, -0.1) is 13.2 Å². The number of ether oxygens (including phenoxy) is 2. The van der Waals surface area contributed by atoms with E-state index in [1.807, 2.05) is 6.92 Å². The minimum Gasteiger partial charge on any atom is -0.464 e. The van der Waals surface area contributed by atoms with E-state index in [-0.39, 0.29) is 17.0 Å². The van der Waals surface area contributed by atoms with Gasteiger partial charge in [-0.2, -0.15) is 0 Å². The number of amides is 1. The lowest BCUT2D eigenvalue weighted by Crippen LogP contribution is -2.27. The van der Waals surface area contributed by atoms with E-state index in [1.165, 1.54) is 31.4 Å². The molecule has 0 saturated carbocycles. The second-order valence-electron chi connectivity index (χ2n) is 5.96. The Morgan fingerprint density at radius 2 is 1.68 bits per heavy atom. The molecule has 0 aliphatic heterocycles. The van der Waals surface area contributed by atoms with E-state index in [2.05, 4.69) is 21.4 Å². The summed E-state index contributed by atoms with van der Waals surface area (Å²) in [6.45, 7) is 7.07. The summed E-state index contributed by atoms with van der Waals surface area (Å²) in [5, 5.41) is 2.35. The van der Waals surface area contributed by atoms with Crippen molar-refractivity contribution in [3.05, 3.63) is 65.4 Å². The van der Waals surface area contributed by atoms with Crippen molar-refractivity contribution in [2.45, 2.75) is 20.2 Å². The normalized spacial score (nSPS) is 10.9. The maximum absolute atomic E-state index is 12.4. The van der Waals surface area contributed by atoms with Crippen LogP contribution in [0.25, 0.3) is 11.1 Å². The smallest absolute Gasteiger partial charge is 0.464 e. The van der Waals surface area contributed by atoms with Gasteiger partial charge in [0.1, 0.15) is 11.4 Å². The third-order valence-electron chi connectivity index (χ3n) is 4.02. The number of rotatable bonds is 5. The molecule has 2 aromatic carbocycles. The van der Waals surface area contributed by atoms with Crippen molar-refractivity contribution in [2.24, 2.45) is 0 Å². The molecule has 0 aromatic heterocycles. The molecular weight excluding hydrogens is 375 g/mol. The Bertz CT molecular complexity index is 918. The topological polar surface area (TPSA) is 64.6 Å². The Morgan fingerprint density at radius 1 is 1.07 bits per heavy atom. The Hall–Kier alpha value is -3.29. The number of hydrogen-bond acceptors (Lipinski definition) is 4. The first-order valence-corrected chi connectivity index (χ1v) is 8.08. The molecule has 0 aliphatic rings. The van der Waals surface area contributed by atoms with Crippen molar-refractivity contribution in [1.29, 1.82) is 0 Å². The lowest BCUT2D eigenvalue weighted by molar-refractivity contribution is -0.274. The van der Waals surface area contributed by atoms with Gasteiger partial charge in [-0.05, 0) is 60.4 Å². The van der Waals surface area contributed by atoms with Crippen LogP contribution in [-0.4, -0.2) is 25.3 Å². The minimum atomic E-state index is -4.77. The van der Waals surface area contributed by atoms with E-state index in [9.17, 15) is 22.8 Å². The Labute approximate surface area is 159 Å². The standard InChI is InChI=1S/C20H18F3NO4/c1-11-9-15(18(25)24-13(3)19(26)27-4)10-17(12(11)2)14-5-7-16(8-6-14)28-20(21,22)23/h5-10H,3H2,1-2,4H3,(H,24,25). The second kappa shape index (κ2) is 8.16. The zero-order chi connectivity index (χ0) is 21.1. The lowest BCUT2D eigenvalue weighted by atomic mass is 9.94. The molecule has 0 aliphatic carbocycles. The summed E-state index contributed by atoms with van der Waals surface area (Å²) in [6.07, 6.45) is -4.77. The first-order chi connectivity index (χ1) is 13.0. The van der Waals surface area contributed by atoms with Crippen molar-refractivity contribution in [2.75, 3.05) is 7.11 Å². The molecule has 1 N–H and O–H groups in total. The molecule has 0 unspecified atom stereocenters. The summed E-state index contributed by atoms with van der Waals surface area (Å²) in [5.74, 6) is -1.66. The van der Waals surface area contributed by atoms with Crippen LogP contribution in [0.1, 0.15) is 21.5 Å². The number of carbonyl (C=O) groups is 2. The van der Waals surface area contributed by atoms with Crippen LogP contribution in [0.5, 0.6) is 5.75 Å². The average Bonchev–Trinajstić information content (AvgIpc) is 2.62. The van der Waals surface area contributed by atoms with E-state index in [0.29, 0.717) is 11.1 Å². The molecule has 0 heterocycles. The molecule has 148 valence electrons. The molecule has 0 spiro atoms. The largest absolute Gasteiger partial charge is 0.573 e. The Kier molecular flexibility index (Phi) is 6.12. The third kappa shape index (κ3) is 5.12. The second-order valence-corrected chi connectivity index (χ2v) is 5.96. The fraction of sp³-hybridized carbons (Fsp3) is 0.200. The van der Waals surface area contributed by atoms with Gasteiger partial charge < -0.3 is 14.8 Å². The summed E-state index contributed by atoms with van der Waals surface area (Å²) >= 11 is 0. The number of alkyl halides is 3. The SMILES string of the molecule is C=C(NC(=O)c1cc(C)c(C)c(-c2ccc(OC(F)(F)F)cc2)c1)C(=O)OC. The zero-order valence-electron chi connectivity index (χ0n) is 15.4. The monoisotopic (exact) mass is 393 g/mol. The van der Waals surface area contributed by atoms with Gasteiger partial charge >= 0.3 is 12.3 Å². The predicted molar refractivity (Wildman–Crippen MR) is 96.7 cm³/mol. The highest BCUT2D eigenvalue weighted by atomic mass is 19.4. The highest BCUT2D eigenvalue weighted by molar-refractivity contribution is 6.01. The van der Waals surface area contributed by atoms with Crippen LogP contribution < -0.4 is 10.1 Å². The van der Waals surface area contributed by atoms with Crippen molar-refractivity contribution >= 4 is 11.9 Å². The summed E-state index contributed by atoms with van der Waals surface area (Å²) in [5.41, 5.74) is 2.97. The van der Waals surface area contributed by atoms with E-state index < -0.39 is 18.2 Å². The molecule has 0 saturated heterocycles. The summed E-state index contributed by atoms with van der Waals surface area (Å²) in [6, 6.07) is 8.56. The van der Waals surface area contributed by atoms with Gasteiger partial charge in [-0.1, -0.05) is 18.7 Å². The average molecular weight is 393 g/mol. The van der Waals surface area contributed by atoms with Crippen LogP contribution in [0, 0.1) is 13.8 Å². The van der Waals surface area contributed by atoms with Gasteiger partial charge in [0.2, 0.25) is 0 Å². The fourth-order valence-electron chi connectivity index (χ4n) is 2.51. The number of hydrogen-bond donors (Lipinski definition) is 1. The Morgan fingerprint density at radius 3 is 2.21 bits per heavy atom. The van der Waals surface area contributed by atoms with Crippen LogP contribution in [-0.2, 0) is 9.53 Å². The summed E-state index contributed by atoms with van der Waals surface area (Å²) in [4.78, 5) is 23.8.